The van der Waals surface area contributed by atoms with E-state index in [4.69, 9.17) is 28.3 Å². The van der Waals surface area contributed by atoms with Crippen LogP contribution in [0.1, 0.15) is 17.3 Å². The third kappa shape index (κ3) is 3.95. The van der Waals surface area contributed by atoms with Gasteiger partial charge in [0, 0.05) is 21.4 Å². The van der Waals surface area contributed by atoms with E-state index in [0.29, 0.717) is 21.6 Å². The van der Waals surface area contributed by atoms with Gasteiger partial charge in [0.15, 0.2) is 0 Å². The first-order valence-corrected chi connectivity index (χ1v) is 11.5. The number of fused-ring (bicyclic) bond motifs is 3. The molecule has 1 aliphatic rings. The van der Waals surface area contributed by atoms with Crippen molar-refractivity contribution < 1.29 is 9.79 Å². The van der Waals surface area contributed by atoms with Crippen LogP contribution in [-0.2, 0) is 5.75 Å². The molecule has 2 heterocycles. The van der Waals surface area contributed by atoms with Crippen LogP contribution in [0.2, 0.25) is 10.0 Å². The number of para-hydroxylation sites is 1. The van der Waals surface area contributed by atoms with Gasteiger partial charge in [-0.15, -0.1) is 0 Å². The minimum atomic E-state index is -0.477. The summed E-state index contributed by atoms with van der Waals surface area (Å²) in [6, 6.07) is 20.1. The average molecular weight is 484 g/mol. The Labute approximate surface area is 197 Å². The maximum absolute atomic E-state index is 13.2. The Morgan fingerprint density at radius 1 is 1.06 bits per heavy atom. The van der Waals surface area contributed by atoms with Gasteiger partial charge in [0.2, 0.25) is 5.16 Å². The van der Waals surface area contributed by atoms with Gasteiger partial charge in [-0.25, -0.2) is 0 Å². The number of phenols is 1. The lowest BCUT2D eigenvalue weighted by Crippen LogP contribution is -2.55. The lowest BCUT2D eigenvalue weighted by atomic mass is 10.0. The van der Waals surface area contributed by atoms with Crippen LogP contribution in [0.5, 0.6) is 5.75 Å². The zero-order chi connectivity index (χ0) is 22.2. The molecule has 1 atom stereocenters. The summed E-state index contributed by atoms with van der Waals surface area (Å²) in [7, 11) is 0. The number of benzene rings is 3. The Hall–Kier alpha value is -3.00. The van der Waals surface area contributed by atoms with E-state index >= 15 is 0 Å². The predicted octanol–water partition coefficient (Wildman–Crippen LogP) is 5.00. The van der Waals surface area contributed by atoms with E-state index in [9.17, 15) is 9.90 Å². The zero-order valence-electron chi connectivity index (χ0n) is 16.5. The highest BCUT2D eigenvalue weighted by Crippen LogP contribution is 2.33. The molecule has 160 valence electrons. The van der Waals surface area contributed by atoms with Gasteiger partial charge in [0.25, 0.3) is 6.17 Å². The number of aromatic amines is 1. The standard InChI is InChI=1S/C23H16Cl2N4O2S/c24-15-8-5-13(6-9-15)12-32-23-27-22(31)20-16-3-1-2-4-18(16)26-21(29(20)28-23)14-7-10-19(30)17(25)11-14/h1-11,21H,12H2,(H2,27,28,30,31)/p+1/t21-/m1/s1. The van der Waals surface area contributed by atoms with Gasteiger partial charge in [-0.2, -0.15) is 0 Å². The molecule has 32 heavy (non-hydrogen) atoms. The fourth-order valence-corrected chi connectivity index (χ4v) is 4.73. The molecule has 5 rings (SSSR count). The number of aromatic nitrogens is 3. The van der Waals surface area contributed by atoms with Crippen LogP contribution in [0.3, 0.4) is 0 Å². The lowest BCUT2D eigenvalue weighted by molar-refractivity contribution is -0.759. The monoisotopic (exact) mass is 483 g/mol. The van der Waals surface area contributed by atoms with Crippen molar-refractivity contribution in [2.45, 2.75) is 17.1 Å². The number of aromatic hydroxyl groups is 1. The smallest absolute Gasteiger partial charge is 0.325 e. The summed E-state index contributed by atoms with van der Waals surface area (Å²) in [6.07, 6.45) is -0.477. The Bertz CT molecular complexity index is 1380. The number of anilines is 1. The number of rotatable bonds is 4. The summed E-state index contributed by atoms with van der Waals surface area (Å²) in [5, 5.41) is 19.4. The van der Waals surface area contributed by atoms with E-state index < -0.39 is 6.17 Å². The number of hydrogen-bond acceptors (Lipinski definition) is 5. The Morgan fingerprint density at radius 2 is 1.84 bits per heavy atom. The predicted molar refractivity (Wildman–Crippen MR) is 126 cm³/mol. The number of nitrogens with one attached hydrogen (secondary N) is 2. The molecule has 0 saturated heterocycles. The van der Waals surface area contributed by atoms with Crippen LogP contribution < -0.4 is 15.6 Å². The summed E-state index contributed by atoms with van der Waals surface area (Å²) in [4.78, 5) is 16.1. The van der Waals surface area contributed by atoms with Crippen molar-refractivity contribution in [1.29, 1.82) is 0 Å². The van der Waals surface area contributed by atoms with Crippen LogP contribution in [0.15, 0.2) is 76.7 Å². The highest BCUT2D eigenvalue weighted by Gasteiger charge is 2.37. The Morgan fingerprint density at radius 3 is 2.62 bits per heavy atom. The maximum Gasteiger partial charge on any atom is 0.325 e. The molecule has 6 nitrogen and oxygen atoms in total. The maximum atomic E-state index is 13.2. The molecule has 0 unspecified atom stereocenters. The van der Waals surface area contributed by atoms with Crippen molar-refractivity contribution >= 4 is 40.7 Å². The average Bonchev–Trinajstić information content (AvgIpc) is 2.80. The third-order valence-electron chi connectivity index (χ3n) is 5.16. The molecule has 0 amide bonds. The van der Waals surface area contributed by atoms with Crippen LogP contribution >= 0.6 is 35.0 Å². The van der Waals surface area contributed by atoms with E-state index in [2.05, 4.69) is 10.3 Å². The summed E-state index contributed by atoms with van der Waals surface area (Å²) in [5.74, 6) is 0.619. The van der Waals surface area contributed by atoms with Crippen molar-refractivity contribution in [3.8, 4) is 17.0 Å². The number of hydrogen-bond donors (Lipinski definition) is 3. The number of nitrogens with zero attached hydrogens (tertiary/aromatic N) is 2. The van der Waals surface area contributed by atoms with Crippen LogP contribution in [0, 0.1) is 0 Å². The SMILES string of the molecule is O=c1[nH]c(SCc2ccc(Cl)cc2)n[n+]2c1-c1ccccc1N[C@H]2c1ccc(O)c(Cl)c1. The fraction of sp³-hybridized carbons (Fsp3) is 0.0870. The second kappa shape index (κ2) is 8.50. The largest absolute Gasteiger partial charge is 0.506 e. The van der Waals surface area contributed by atoms with Gasteiger partial charge >= 0.3 is 11.3 Å². The molecular weight excluding hydrogens is 467 g/mol. The van der Waals surface area contributed by atoms with Crippen molar-refractivity contribution in [2.24, 2.45) is 0 Å². The first kappa shape index (κ1) is 20.9. The molecule has 4 aromatic rings. The topological polar surface area (TPSA) is 81.9 Å². The highest BCUT2D eigenvalue weighted by molar-refractivity contribution is 7.98. The molecule has 0 radical (unpaired) electrons. The van der Waals surface area contributed by atoms with E-state index in [1.807, 2.05) is 48.5 Å². The Balaban J connectivity index is 1.58. The van der Waals surface area contributed by atoms with Crippen molar-refractivity contribution in [3.05, 3.63) is 98.3 Å². The minimum Gasteiger partial charge on any atom is -0.506 e. The second-order valence-electron chi connectivity index (χ2n) is 7.27. The molecule has 3 N–H and O–H groups in total. The molecule has 0 fully saturated rings. The molecule has 0 bridgehead atoms. The lowest BCUT2D eigenvalue weighted by Gasteiger charge is -2.22. The Kier molecular flexibility index (Phi) is 5.55. The summed E-state index contributed by atoms with van der Waals surface area (Å²) in [6.45, 7) is 0. The quantitative estimate of drug-likeness (QED) is 0.281. The molecular formula is C23H17Cl2N4O2S+. The van der Waals surface area contributed by atoms with Gasteiger partial charge < -0.3 is 10.4 Å². The van der Waals surface area contributed by atoms with Gasteiger partial charge in [0.05, 0.1) is 16.3 Å². The molecule has 1 aromatic heterocycles. The molecule has 0 saturated carbocycles. The van der Waals surface area contributed by atoms with Crippen LogP contribution in [0.4, 0.5) is 5.69 Å². The first-order chi connectivity index (χ1) is 15.5. The van der Waals surface area contributed by atoms with E-state index in [1.165, 1.54) is 17.8 Å². The van der Waals surface area contributed by atoms with Crippen molar-refractivity contribution in [3.63, 3.8) is 0 Å². The first-order valence-electron chi connectivity index (χ1n) is 9.77. The van der Waals surface area contributed by atoms with Gasteiger partial charge in [0.1, 0.15) is 5.75 Å². The highest BCUT2D eigenvalue weighted by atomic mass is 35.5. The number of thioether (sulfide) groups is 1. The van der Waals surface area contributed by atoms with E-state index in [-0.39, 0.29) is 16.3 Å². The molecule has 3 aromatic carbocycles. The third-order valence-corrected chi connectivity index (χ3v) is 6.65. The second-order valence-corrected chi connectivity index (χ2v) is 9.08. The zero-order valence-corrected chi connectivity index (χ0v) is 18.9. The van der Waals surface area contributed by atoms with Gasteiger partial charge in [-0.3, -0.25) is 9.78 Å². The summed E-state index contributed by atoms with van der Waals surface area (Å²) in [5.41, 5.74) is 3.62. The van der Waals surface area contributed by atoms with Crippen LogP contribution in [0.25, 0.3) is 11.3 Å². The van der Waals surface area contributed by atoms with Gasteiger partial charge in [-0.05, 0) is 52.7 Å². The number of halogens is 2. The molecule has 0 aliphatic carbocycles. The van der Waals surface area contributed by atoms with Crippen LogP contribution in [-0.4, -0.2) is 15.2 Å². The van der Waals surface area contributed by atoms with E-state index in [1.54, 1.807) is 16.8 Å². The van der Waals surface area contributed by atoms with Gasteiger partial charge in [-0.1, -0.05) is 59.2 Å². The number of phenolic OH excluding ortho intramolecular Hbond substituents is 1. The van der Waals surface area contributed by atoms with Crippen molar-refractivity contribution in [1.82, 2.24) is 10.1 Å². The summed E-state index contributed by atoms with van der Waals surface area (Å²) < 4.78 is 1.67. The fourth-order valence-electron chi connectivity index (χ4n) is 3.60. The molecule has 9 heteroatoms. The van der Waals surface area contributed by atoms with E-state index in [0.717, 1.165) is 22.4 Å². The summed E-state index contributed by atoms with van der Waals surface area (Å²) >= 11 is 13.6. The minimum absolute atomic E-state index is 0.00470. The molecule has 0 spiro atoms. The molecule has 1 aliphatic heterocycles. The normalized spacial score (nSPS) is 14.4. The number of H-pyrrole nitrogens is 1. The van der Waals surface area contributed by atoms with Crippen molar-refractivity contribution in [2.75, 3.05) is 5.32 Å².